The first-order valence-corrected chi connectivity index (χ1v) is 5.26. The molecule has 2 atom stereocenters. The van der Waals surface area contributed by atoms with Crippen molar-refractivity contribution in [2.45, 2.75) is 50.4 Å². The lowest BCUT2D eigenvalue weighted by molar-refractivity contribution is -0.160. The number of ether oxygens (including phenoxy) is 1. The van der Waals surface area contributed by atoms with Crippen LogP contribution in [0.5, 0.6) is 0 Å². The van der Waals surface area contributed by atoms with Crippen LogP contribution < -0.4 is 5.32 Å². The van der Waals surface area contributed by atoms with Crippen molar-refractivity contribution in [2.75, 3.05) is 6.61 Å². The lowest BCUT2D eigenvalue weighted by atomic mass is 9.89. The van der Waals surface area contributed by atoms with Gasteiger partial charge in [-0.15, -0.1) is 0 Å². The van der Waals surface area contributed by atoms with Gasteiger partial charge in [0.15, 0.2) is 0 Å². The summed E-state index contributed by atoms with van der Waals surface area (Å²) in [5.74, 6) is -0.668. The standard InChI is InChI=1S/C10H16FNO2/c1-2-14-9(13)10(11)5-7-3-4-8(6-10)12-7/h7-8,12H,2-6H2,1H3. The van der Waals surface area contributed by atoms with E-state index >= 15 is 0 Å². The zero-order chi connectivity index (χ0) is 10.2. The van der Waals surface area contributed by atoms with Crippen LogP contribution in [0.4, 0.5) is 4.39 Å². The highest BCUT2D eigenvalue weighted by molar-refractivity contribution is 5.79. The molecule has 0 aromatic heterocycles. The summed E-state index contributed by atoms with van der Waals surface area (Å²) in [5.41, 5.74) is -1.73. The minimum absolute atomic E-state index is 0.170. The van der Waals surface area contributed by atoms with Crippen molar-refractivity contribution in [1.29, 1.82) is 0 Å². The third kappa shape index (κ3) is 1.63. The Hall–Kier alpha value is -0.640. The van der Waals surface area contributed by atoms with Gasteiger partial charge >= 0.3 is 5.97 Å². The Morgan fingerprint density at radius 1 is 1.50 bits per heavy atom. The molecule has 2 unspecified atom stereocenters. The molecule has 2 heterocycles. The van der Waals surface area contributed by atoms with Gasteiger partial charge in [0.1, 0.15) is 0 Å². The summed E-state index contributed by atoms with van der Waals surface area (Å²) < 4.78 is 18.9. The van der Waals surface area contributed by atoms with Gasteiger partial charge in [-0.05, 0) is 19.8 Å². The van der Waals surface area contributed by atoms with Crippen molar-refractivity contribution in [3.8, 4) is 0 Å². The Morgan fingerprint density at radius 2 is 2.07 bits per heavy atom. The van der Waals surface area contributed by atoms with Crippen molar-refractivity contribution in [2.24, 2.45) is 0 Å². The van der Waals surface area contributed by atoms with Crippen LogP contribution in [0.3, 0.4) is 0 Å². The van der Waals surface area contributed by atoms with Crippen LogP contribution in [0, 0.1) is 0 Å². The summed E-state index contributed by atoms with van der Waals surface area (Å²) in [4.78, 5) is 11.4. The van der Waals surface area contributed by atoms with Crippen molar-refractivity contribution in [3.05, 3.63) is 0 Å². The molecule has 2 fully saturated rings. The molecule has 0 aromatic rings. The molecule has 0 saturated carbocycles. The molecule has 4 heteroatoms. The second-order valence-electron chi connectivity index (χ2n) is 4.23. The molecule has 80 valence electrons. The Labute approximate surface area is 83.0 Å². The molecule has 0 radical (unpaired) electrons. The van der Waals surface area contributed by atoms with E-state index in [1.54, 1.807) is 6.92 Å². The molecular weight excluding hydrogens is 185 g/mol. The molecule has 2 rings (SSSR count). The van der Waals surface area contributed by atoms with Gasteiger partial charge in [-0.1, -0.05) is 0 Å². The van der Waals surface area contributed by atoms with Crippen molar-refractivity contribution < 1.29 is 13.9 Å². The third-order valence-electron chi connectivity index (χ3n) is 3.12. The number of halogens is 1. The monoisotopic (exact) mass is 201 g/mol. The van der Waals surface area contributed by atoms with Gasteiger partial charge in [0.2, 0.25) is 5.67 Å². The highest BCUT2D eigenvalue weighted by atomic mass is 19.1. The topological polar surface area (TPSA) is 38.3 Å². The first-order valence-electron chi connectivity index (χ1n) is 5.26. The van der Waals surface area contributed by atoms with E-state index in [2.05, 4.69) is 5.32 Å². The molecule has 0 amide bonds. The zero-order valence-corrected chi connectivity index (χ0v) is 8.38. The van der Waals surface area contributed by atoms with E-state index in [1.807, 2.05) is 0 Å². The molecule has 1 N–H and O–H groups in total. The Bertz CT molecular complexity index is 232. The van der Waals surface area contributed by atoms with E-state index in [4.69, 9.17) is 4.74 Å². The molecule has 14 heavy (non-hydrogen) atoms. The molecule has 2 bridgehead atoms. The molecule has 3 nitrogen and oxygen atoms in total. The number of fused-ring (bicyclic) bond motifs is 2. The number of nitrogens with one attached hydrogen (secondary N) is 1. The Kier molecular flexibility index (Phi) is 2.47. The average molecular weight is 201 g/mol. The van der Waals surface area contributed by atoms with Crippen LogP contribution in [-0.2, 0) is 9.53 Å². The first-order chi connectivity index (χ1) is 6.64. The summed E-state index contributed by atoms with van der Waals surface area (Å²) in [7, 11) is 0. The maximum Gasteiger partial charge on any atom is 0.343 e. The van der Waals surface area contributed by atoms with Crippen LogP contribution in [0.2, 0.25) is 0 Å². The molecular formula is C10H16FNO2. The van der Waals surface area contributed by atoms with Gasteiger partial charge in [-0.3, -0.25) is 0 Å². The number of carbonyl (C=O) groups excluding carboxylic acids is 1. The summed E-state index contributed by atoms with van der Waals surface area (Å²) in [6, 6.07) is 0.339. The second kappa shape index (κ2) is 3.50. The van der Waals surface area contributed by atoms with Gasteiger partial charge < -0.3 is 10.1 Å². The van der Waals surface area contributed by atoms with Gasteiger partial charge in [-0.25, -0.2) is 9.18 Å². The zero-order valence-electron chi connectivity index (χ0n) is 8.38. The molecule has 0 spiro atoms. The molecule has 0 aromatic carbocycles. The van der Waals surface area contributed by atoms with Crippen LogP contribution in [0.25, 0.3) is 0 Å². The Morgan fingerprint density at radius 3 is 2.57 bits per heavy atom. The fourth-order valence-corrected chi connectivity index (χ4v) is 2.52. The third-order valence-corrected chi connectivity index (χ3v) is 3.12. The highest BCUT2D eigenvalue weighted by Gasteiger charge is 2.50. The molecule has 2 saturated heterocycles. The Balaban J connectivity index is 2.05. The summed E-state index contributed by atoms with van der Waals surface area (Å²) >= 11 is 0. The minimum Gasteiger partial charge on any atom is -0.464 e. The van der Waals surface area contributed by atoms with Crippen molar-refractivity contribution >= 4 is 5.97 Å². The van der Waals surface area contributed by atoms with Crippen molar-refractivity contribution in [1.82, 2.24) is 5.32 Å². The maximum absolute atomic E-state index is 14.2. The first kappa shape index (κ1) is 9.90. The second-order valence-corrected chi connectivity index (χ2v) is 4.23. The van der Waals surface area contributed by atoms with E-state index in [0.717, 1.165) is 12.8 Å². The summed E-state index contributed by atoms with van der Waals surface area (Å²) in [6.07, 6.45) is 2.52. The SMILES string of the molecule is CCOC(=O)C1(F)CC2CCC(C1)N2. The fraction of sp³-hybridized carbons (Fsp3) is 0.900. The van der Waals surface area contributed by atoms with Gasteiger partial charge in [-0.2, -0.15) is 0 Å². The molecule has 0 aliphatic carbocycles. The van der Waals surface area contributed by atoms with E-state index in [1.165, 1.54) is 0 Å². The minimum atomic E-state index is -1.73. The number of rotatable bonds is 2. The predicted octanol–water partition coefficient (Wildman–Crippen LogP) is 1.17. The number of esters is 1. The van der Waals surface area contributed by atoms with Crippen LogP contribution in [0.15, 0.2) is 0 Å². The largest absolute Gasteiger partial charge is 0.464 e. The number of hydrogen-bond acceptors (Lipinski definition) is 3. The normalized spacial score (nSPS) is 41.0. The molecule has 2 aliphatic heterocycles. The maximum atomic E-state index is 14.2. The van der Waals surface area contributed by atoms with Crippen LogP contribution in [-0.4, -0.2) is 30.3 Å². The smallest absolute Gasteiger partial charge is 0.343 e. The van der Waals surface area contributed by atoms with E-state index in [0.29, 0.717) is 0 Å². The number of hydrogen-bond donors (Lipinski definition) is 1. The highest BCUT2D eigenvalue weighted by Crippen LogP contribution is 2.37. The number of carbonyl (C=O) groups is 1. The van der Waals surface area contributed by atoms with Gasteiger partial charge in [0, 0.05) is 24.9 Å². The lowest BCUT2D eigenvalue weighted by Gasteiger charge is -2.32. The van der Waals surface area contributed by atoms with E-state index in [-0.39, 0.29) is 31.5 Å². The fourth-order valence-electron chi connectivity index (χ4n) is 2.52. The van der Waals surface area contributed by atoms with E-state index in [9.17, 15) is 9.18 Å². The lowest BCUT2D eigenvalue weighted by Crippen LogP contribution is -2.50. The summed E-state index contributed by atoms with van der Waals surface area (Å²) in [5, 5.41) is 3.29. The van der Waals surface area contributed by atoms with Crippen molar-refractivity contribution in [3.63, 3.8) is 0 Å². The predicted molar refractivity (Wildman–Crippen MR) is 49.7 cm³/mol. The van der Waals surface area contributed by atoms with Gasteiger partial charge in [0.05, 0.1) is 6.61 Å². The number of piperidine rings is 1. The molecule has 2 aliphatic rings. The van der Waals surface area contributed by atoms with Crippen LogP contribution in [0.1, 0.15) is 32.6 Å². The van der Waals surface area contributed by atoms with Crippen LogP contribution >= 0.6 is 0 Å². The van der Waals surface area contributed by atoms with Gasteiger partial charge in [0.25, 0.3) is 0 Å². The summed E-state index contributed by atoms with van der Waals surface area (Å²) in [6.45, 7) is 1.96. The van der Waals surface area contributed by atoms with E-state index < -0.39 is 11.6 Å². The average Bonchev–Trinajstić information content (AvgIpc) is 2.46. The quantitative estimate of drug-likeness (QED) is 0.682. The number of alkyl halides is 1.